The zero-order chi connectivity index (χ0) is 10.3. The Kier molecular flexibility index (Phi) is 1.77. The average Bonchev–Trinajstić information content (AvgIpc) is 2.14. The number of nitrogens with zero attached hydrogens (tertiary/aromatic N) is 2. The second-order valence-electron chi connectivity index (χ2n) is 3.31. The van der Waals surface area contributed by atoms with Crippen LogP contribution < -0.4 is 15.2 Å². The van der Waals surface area contributed by atoms with Crippen LogP contribution >= 0.6 is 0 Å². The minimum atomic E-state index is -0.289. The van der Waals surface area contributed by atoms with Gasteiger partial charge in [0.1, 0.15) is 6.20 Å². The summed E-state index contributed by atoms with van der Waals surface area (Å²) in [4.78, 5) is 11.4. The molecular weight excluding hydrogens is 180 g/mol. The van der Waals surface area contributed by atoms with Crippen molar-refractivity contribution in [3.8, 4) is 5.88 Å². The van der Waals surface area contributed by atoms with Crippen LogP contribution in [0.3, 0.4) is 0 Å². The molecule has 0 aliphatic heterocycles. The Morgan fingerprint density at radius 3 is 2.86 bits per heavy atom. The van der Waals surface area contributed by atoms with E-state index in [9.17, 15) is 9.90 Å². The van der Waals surface area contributed by atoms with Crippen LogP contribution in [-0.2, 0) is 7.05 Å². The summed E-state index contributed by atoms with van der Waals surface area (Å²) in [5.74, 6) is -0.277. The van der Waals surface area contributed by atoms with Gasteiger partial charge in [-0.15, -0.1) is 0 Å². The van der Waals surface area contributed by atoms with Gasteiger partial charge in [-0.3, -0.25) is 0 Å². The van der Waals surface area contributed by atoms with Crippen molar-refractivity contribution in [1.82, 2.24) is 4.40 Å². The van der Waals surface area contributed by atoms with Crippen LogP contribution in [0.4, 0.5) is 0 Å². The highest BCUT2D eigenvalue weighted by Crippen LogP contribution is 2.01. The number of aromatic nitrogens is 2. The lowest BCUT2D eigenvalue weighted by Gasteiger charge is -2.07. The fourth-order valence-corrected chi connectivity index (χ4v) is 1.42. The van der Waals surface area contributed by atoms with Crippen molar-refractivity contribution in [2.24, 2.45) is 7.05 Å². The van der Waals surface area contributed by atoms with Gasteiger partial charge >= 0.3 is 5.56 Å². The van der Waals surface area contributed by atoms with Crippen molar-refractivity contribution in [3.05, 3.63) is 40.3 Å². The molecule has 0 saturated carbocycles. The highest BCUT2D eigenvalue weighted by atomic mass is 16.3. The molecule has 2 aromatic heterocycles. The molecule has 0 radical (unpaired) electrons. The summed E-state index contributed by atoms with van der Waals surface area (Å²) in [6.07, 6.45) is 1.67. The highest BCUT2D eigenvalue weighted by molar-refractivity contribution is 5.36. The first kappa shape index (κ1) is 8.74. The van der Waals surface area contributed by atoms with Gasteiger partial charge in [0.25, 0.3) is 5.65 Å². The Labute approximate surface area is 80.7 Å². The lowest BCUT2D eigenvalue weighted by molar-refractivity contribution is -0.694. The Morgan fingerprint density at radius 2 is 2.14 bits per heavy atom. The molecule has 0 bridgehead atoms. The fraction of sp³-hybridized carbons (Fsp3) is 0.200. The molecule has 0 spiro atoms. The number of aryl methyl sites for hydroxylation is 2. The monoisotopic (exact) mass is 190 g/mol. The maximum atomic E-state index is 11.4. The van der Waals surface area contributed by atoms with Gasteiger partial charge < -0.3 is 5.11 Å². The van der Waals surface area contributed by atoms with Gasteiger partial charge in [0.15, 0.2) is 0 Å². The summed E-state index contributed by atoms with van der Waals surface area (Å²) < 4.78 is 2.91. The van der Waals surface area contributed by atoms with Crippen LogP contribution in [0.5, 0.6) is 5.88 Å². The minimum absolute atomic E-state index is 0.277. The average molecular weight is 190 g/mol. The van der Waals surface area contributed by atoms with E-state index in [0.29, 0.717) is 5.65 Å². The molecule has 0 atom stereocenters. The van der Waals surface area contributed by atoms with Crippen LogP contribution in [0.15, 0.2) is 29.2 Å². The van der Waals surface area contributed by atoms with Crippen LogP contribution in [0.1, 0.15) is 5.56 Å². The molecule has 14 heavy (non-hydrogen) atoms. The van der Waals surface area contributed by atoms with Gasteiger partial charge in [0.2, 0.25) is 0 Å². The summed E-state index contributed by atoms with van der Waals surface area (Å²) >= 11 is 0. The molecule has 2 aromatic rings. The van der Waals surface area contributed by atoms with Crippen LogP contribution in [-0.4, -0.2) is 4.40 Å². The molecule has 4 nitrogen and oxygen atoms in total. The standard InChI is InChI=1S/C10H10N2O2/c1-7-3-4-12-8(5-7)11(2)9(13)6-10(12)14/h3-6H,1-2H3. The van der Waals surface area contributed by atoms with E-state index < -0.39 is 0 Å². The third kappa shape index (κ3) is 1.16. The van der Waals surface area contributed by atoms with Gasteiger partial charge in [-0.25, -0.2) is 9.36 Å². The number of hydrogen-bond acceptors (Lipinski definition) is 2. The molecule has 0 unspecified atom stereocenters. The predicted molar refractivity (Wildman–Crippen MR) is 49.0 cm³/mol. The van der Waals surface area contributed by atoms with E-state index in [4.69, 9.17) is 0 Å². The molecule has 0 N–H and O–H groups in total. The minimum Gasteiger partial charge on any atom is -0.842 e. The van der Waals surface area contributed by atoms with Gasteiger partial charge in [-0.1, -0.05) is 0 Å². The number of fused-ring (bicyclic) bond motifs is 1. The third-order valence-corrected chi connectivity index (χ3v) is 2.25. The second kappa shape index (κ2) is 2.83. The summed E-state index contributed by atoms with van der Waals surface area (Å²) in [6, 6.07) is 4.73. The first-order chi connectivity index (χ1) is 6.59. The summed E-state index contributed by atoms with van der Waals surface area (Å²) in [7, 11) is 1.65. The zero-order valence-corrected chi connectivity index (χ0v) is 8.02. The van der Waals surface area contributed by atoms with E-state index >= 15 is 0 Å². The smallest absolute Gasteiger partial charge is 0.341 e. The fourth-order valence-electron chi connectivity index (χ4n) is 1.42. The lowest BCUT2D eigenvalue weighted by Crippen LogP contribution is -2.39. The van der Waals surface area contributed by atoms with Gasteiger partial charge in [-0.2, -0.15) is 4.40 Å². The predicted octanol–water partition coefficient (Wildman–Crippen LogP) is -0.494. The summed E-state index contributed by atoms with van der Waals surface area (Å²) in [6.45, 7) is 1.92. The molecule has 72 valence electrons. The number of pyridine rings is 1. The maximum Gasteiger partial charge on any atom is 0.341 e. The molecule has 0 fully saturated rings. The van der Waals surface area contributed by atoms with E-state index in [2.05, 4.69) is 0 Å². The molecule has 0 aliphatic carbocycles. The molecule has 0 saturated heterocycles. The molecule has 0 aliphatic rings. The van der Waals surface area contributed by atoms with E-state index in [-0.39, 0.29) is 11.4 Å². The first-order valence-electron chi connectivity index (χ1n) is 4.28. The van der Waals surface area contributed by atoms with Gasteiger partial charge in [0, 0.05) is 6.07 Å². The van der Waals surface area contributed by atoms with E-state index in [1.165, 1.54) is 8.97 Å². The lowest BCUT2D eigenvalue weighted by atomic mass is 10.3. The quantitative estimate of drug-likeness (QED) is 0.526. The number of hydrogen-bond donors (Lipinski definition) is 0. The third-order valence-electron chi connectivity index (χ3n) is 2.25. The van der Waals surface area contributed by atoms with Crippen molar-refractivity contribution in [1.29, 1.82) is 0 Å². The molecule has 0 aromatic carbocycles. The Bertz CT molecular complexity index is 558. The van der Waals surface area contributed by atoms with Crippen molar-refractivity contribution < 1.29 is 9.67 Å². The van der Waals surface area contributed by atoms with Gasteiger partial charge in [-0.05, 0) is 18.6 Å². The SMILES string of the molecule is Cc1ccn2c(=O)cc([O-])[n+](C)c2c1. The largest absolute Gasteiger partial charge is 0.842 e. The molecule has 4 heteroatoms. The van der Waals surface area contributed by atoms with Crippen molar-refractivity contribution in [2.75, 3.05) is 0 Å². The molecule has 2 rings (SSSR count). The Morgan fingerprint density at radius 1 is 1.43 bits per heavy atom. The summed E-state index contributed by atoms with van der Waals surface area (Å²) in [5.41, 5.74) is 1.34. The molecular formula is C10H10N2O2. The van der Waals surface area contributed by atoms with E-state index in [0.717, 1.165) is 11.6 Å². The van der Waals surface area contributed by atoms with Crippen molar-refractivity contribution >= 4 is 5.65 Å². The topological polar surface area (TPSA) is 48.4 Å². The maximum absolute atomic E-state index is 11.4. The summed E-state index contributed by atoms with van der Waals surface area (Å²) in [5, 5.41) is 11.3. The van der Waals surface area contributed by atoms with E-state index in [1.807, 2.05) is 19.1 Å². The number of rotatable bonds is 0. The first-order valence-corrected chi connectivity index (χ1v) is 4.28. The Balaban J connectivity index is 3.03. The highest BCUT2D eigenvalue weighted by Gasteiger charge is 2.07. The van der Waals surface area contributed by atoms with Crippen LogP contribution in [0, 0.1) is 6.92 Å². The molecule has 2 heterocycles. The normalized spacial score (nSPS) is 10.7. The van der Waals surface area contributed by atoms with E-state index in [1.54, 1.807) is 13.2 Å². The van der Waals surface area contributed by atoms with Crippen molar-refractivity contribution in [2.45, 2.75) is 6.92 Å². The van der Waals surface area contributed by atoms with Gasteiger partial charge in [0.05, 0.1) is 19.0 Å². The van der Waals surface area contributed by atoms with Crippen molar-refractivity contribution in [3.63, 3.8) is 0 Å². The second-order valence-corrected chi connectivity index (χ2v) is 3.31. The zero-order valence-electron chi connectivity index (χ0n) is 8.02. The Hall–Kier alpha value is -1.84. The van der Waals surface area contributed by atoms with Crippen LogP contribution in [0.25, 0.3) is 5.65 Å². The molecule has 0 amide bonds. The van der Waals surface area contributed by atoms with Crippen LogP contribution in [0.2, 0.25) is 0 Å².